The van der Waals surface area contributed by atoms with Gasteiger partial charge in [0.2, 0.25) is 0 Å². The van der Waals surface area contributed by atoms with Gasteiger partial charge in [-0.2, -0.15) is 0 Å². The van der Waals surface area contributed by atoms with E-state index < -0.39 is 35.5 Å². The first-order valence-electron chi connectivity index (χ1n) is 11.8. The second-order valence-corrected chi connectivity index (χ2v) is 10.5. The van der Waals surface area contributed by atoms with Crippen molar-refractivity contribution in [3.05, 3.63) is 42.0 Å². The van der Waals surface area contributed by atoms with Crippen molar-refractivity contribution >= 4 is 23.1 Å². The monoisotopic (exact) mass is 521 g/mol. The molecular weight excluding hydrogens is 491 g/mol. The Labute approximate surface area is 212 Å². The van der Waals surface area contributed by atoms with Crippen molar-refractivity contribution in [2.24, 2.45) is 0 Å². The number of amides is 1. The molecule has 3 aromatic rings. The van der Waals surface area contributed by atoms with E-state index >= 15 is 0 Å². The third-order valence-corrected chi connectivity index (χ3v) is 5.52. The van der Waals surface area contributed by atoms with Crippen molar-refractivity contribution in [2.75, 3.05) is 18.1 Å². The number of aromatic amines is 1. The third-order valence-electron chi connectivity index (χ3n) is 5.52. The van der Waals surface area contributed by atoms with Crippen molar-refractivity contribution in [1.82, 2.24) is 20.3 Å². The smallest absolute Gasteiger partial charge is 0.408 e. The number of nitrogens with zero attached hydrogens (tertiary/aromatic N) is 3. The maximum atomic E-state index is 14.3. The maximum absolute atomic E-state index is 14.3. The van der Waals surface area contributed by atoms with Gasteiger partial charge in [0.05, 0.1) is 17.4 Å². The summed E-state index contributed by atoms with van der Waals surface area (Å²) in [6.07, 6.45) is -1.91. The van der Waals surface area contributed by atoms with Gasteiger partial charge in [-0.1, -0.05) is 0 Å². The van der Waals surface area contributed by atoms with E-state index in [1.54, 1.807) is 40.7 Å². The molecule has 0 saturated carbocycles. The van der Waals surface area contributed by atoms with E-state index in [1.807, 2.05) is 0 Å². The molecule has 9 nitrogen and oxygen atoms in total. The highest BCUT2D eigenvalue weighted by Crippen LogP contribution is 2.37. The van der Waals surface area contributed by atoms with E-state index in [9.17, 15) is 18.0 Å². The molecule has 1 amide bonds. The van der Waals surface area contributed by atoms with Crippen LogP contribution in [0.5, 0.6) is 11.5 Å². The number of rotatable bonds is 7. The number of benzene rings is 1. The summed E-state index contributed by atoms with van der Waals surface area (Å²) in [5.74, 6) is 0.224. The van der Waals surface area contributed by atoms with E-state index in [1.165, 1.54) is 29.4 Å². The lowest BCUT2D eigenvalue weighted by Gasteiger charge is -2.37. The number of halogens is 3. The Kier molecular flexibility index (Phi) is 7.11. The number of imidazole rings is 1. The van der Waals surface area contributed by atoms with Gasteiger partial charge < -0.3 is 29.4 Å². The number of ether oxygens (including phenoxy) is 3. The molecule has 0 radical (unpaired) electrons. The summed E-state index contributed by atoms with van der Waals surface area (Å²) in [7, 11) is 0. The largest absolute Gasteiger partial charge is 0.491 e. The second kappa shape index (κ2) is 9.98. The van der Waals surface area contributed by atoms with E-state index in [0.29, 0.717) is 22.5 Å². The normalized spacial score (nSPS) is 15.9. The Bertz CT molecular complexity index is 1270. The van der Waals surface area contributed by atoms with Crippen LogP contribution in [0.4, 0.5) is 23.8 Å². The third kappa shape index (κ3) is 6.36. The lowest BCUT2D eigenvalue weighted by molar-refractivity contribution is 0.0441. The number of alkyl carbamates (subject to hydrolysis) is 1. The summed E-state index contributed by atoms with van der Waals surface area (Å²) in [6.45, 7) is 8.35. The lowest BCUT2D eigenvalue weighted by Crippen LogP contribution is -2.49. The SMILES string of the molecule is CC(C)(COc1ccc(F)cc1CN1c2nc3nc[nH]c3cc2OC[C@H]1C(F)F)NC(=O)OC(C)(C)C. The predicted octanol–water partition coefficient (Wildman–Crippen LogP) is 4.81. The number of H-pyrrole nitrogens is 1. The number of aromatic nitrogens is 3. The molecule has 37 heavy (non-hydrogen) atoms. The average molecular weight is 522 g/mol. The Morgan fingerprint density at radius 2 is 2.03 bits per heavy atom. The van der Waals surface area contributed by atoms with Crippen molar-refractivity contribution in [2.45, 2.75) is 64.8 Å². The fraction of sp³-hybridized carbons (Fsp3) is 0.480. The molecular formula is C25H30F3N5O4. The summed E-state index contributed by atoms with van der Waals surface area (Å²) in [5.41, 5.74) is -0.249. The van der Waals surface area contributed by atoms with Gasteiger partial charge in [-0.15, -0.1) is 0 Å². The van der Waals surface area contributed by atoms with E-state index in [0.717, 1.165) is 0 Å². The van der Waals surface area contributed by atoms with Crippen LogP contribution in [0.3, 0.4) is 0 Å². The lowest BCUT2D eigenvalue weighted by atomic mass is 10.1. The predicted molar refractivity (Wildman–Crippen MR) is 131 cm³/mol. The Hall–Kier alpha value is -3.70. The zero-order chi connectivity index (χ0) is 27.0. The molecule has 2 aromatic heterocycles. The summed E-state index contributed by atoms with van der Waals surface area (Å²) >= 11 is 0. The van der Waals surface area contributed by atoms with Crippen LogP contribution >= 0.6 is 0 Å². The molecule has 2 N–H and O–H groups in total. The van der Waals surface area contributed by atoms with Gasteiger partial charge in [-0.3, -0.25) is 0 Å². The minimum absolute atomic E-state index is 0.00892. The van der Waals surface area contributed by atoms with Crippen molar-refractivity contribution in [3.63, 3.8) is 0 Å². The summed E-state index contributed by atoms with van der Waals surface area (Å²) in [6, 6.07) is 4.20. The van der Waals surface area contributed by atoms with E-state index in [-0.39, 0.29) is 31.3 Å². The molecule has 0 unspecified atom stereocenters. The topological polar surface area (TPSA) is 102 Å². The number of carbonyl (C=O) groups excluding carboxylic acids is 1. The maximum Gasteiger partial charge on any atom is 0.408 e. The van der Waals surface area contributed by atoms with Crippen molar-refractivity contribution in [3.8, 4) is 11.5 Å². The second-order valence-electron chi connectivity index (χ2n) is 10.5. The quantitative estimate of drug-likeness (QED) is 0.460. The minimum atomic E-state index is -2.75. The van der Waals surface area contributed by atoms with Gasteiger partial charge in [0, 0.05) is 18.2 Å². The van der Waals surface area contributed by atoms with Crippen LogP contribution in [0.25, 0.3) is 11.2 Å². The van der Waals surface area contributed by atoms with Gasteiger partial charge >= 0.3 is 6.09 Å². The Morgan fingerprint density at radius 3 is 2.73 bits per heavy atom. The first kappa shape index (κ1) is 26.4. The summed E-state index contributed by atoms with van der Waals surface area (Å²) < 4.78 is 59.1. The molecule has 0 fully saturated rings. The standard InChI is InChI=1S/C25H30F3N5O4/c1-24(2,3)37-23(34)32-25(4,5)12-36-18-7-6-15(26)8-14(18)10-33-17(20(27)28)11-35-19-9-16-21(30-13-29-16)31-22(19)33/h6-9,13,17,20H,10-12H2,1-5H3,(H,32,34)(H,29,30,31)/t17-/m0/s1. The molecule has 4 rings (SSSR count). The van der Waals surface area contributed by atoms with Gasteiger partial charge in [0.15, 0.2) is 17.2 Å². The molecule has 1 aliphatic rings. The van der Waals surface area contributed by atoms with Crippen LogP contribution in [-0.4, -0.2) is 57.9 Å². The summed E-state index contributed by atoms with van der Waals surface area (Å²) in [5, 5.41) is 2.74. The van der Waals surface area contributed by atoms with Crippen LogP contribution in [0.1, 0.15) is 40.2 Å². The zero-order valence-corrected chi connectivity index (χ0v) is 21.3. The van der Waals surface area contributed by atoms with E-state index in [4.69, 9.17) is 14.2 Å². The van der Waals surface area contributed by atoms with Crippen LogP contribution in [0.15, 0.2) is 30.6 Å². The highest BCUT2D eigenvalue weighted by molar-refractivity contribution is 5.77. The van der Waals surface area contributed by atoms with Gasteiger partial charge in [-0.05, 0) is 52.8 Å². The molecule has 0 spiro atoms. The highest BCUT2D eigenvalue weighted by atomic mass is 19.3. The molecule has 0 aliphatic carbocycles. The van der Waals surface area contributed by atoms with Crippen molar-refractivity contribution < 1.29 is 32.2 Å². The Balaban J connectivity index is 1.58. The molecule has 3 heterocycles. The van der Waals surface area contributed by atoms with Crippen LogP contribution in [0, 0.1) is 5.82 Å². The molecule has 1 aromatic carbocycles. The van der Waals surface area contributed by atoms with Gasteiger partial charge in [0.1, 0.15) is 36.4 Å². The Morgan fingerprint density at radius 1 is 1.27 bits per heavy atom. The first-order valence-corrected chi connectivity index (χ1v) is 11.8. The molecule has 0 bridgehead atoms. The van der Waals surface area contributed by atoms with Crippen LogP contribution < -0.4 is 19.7 Å². The van der Waals surface area contributed by atoms with Gasteiger partial charge in [0.25, 0.3) is 6.43 Å². The number of hydrogen-bond donors (Lipinski definition) is 2. The molecule has 200 valence electrons. The number of pyridine rings is 1. The fourth-order valence-electron chi connectivity index (χ4n) is 3.85. The molecule has 12 heteroatoms. The highest BCUT2D eigenvalue weighted by Gasteiger charge is 2.36. The number of alkyl halides is 2. The number of anilines is 1. The molecule has 1 aliphatic heterocycles. The van der Waals surface area contributed by atoms with Crippen molar-refractivity contribution in [1.29, 1.82) is 0 Å². The number of carbonyl (C=O) groups is 1. The first-order chi connectivity index (χ1) is 17.3. The molecule has 1 atom stereocenters. The number of hydrogen-bond acceptors (Lipinski definition) is 7. The minimum Gasteiger partial charge on any atom is -0.491 e. The number of fused-ring (bicyclic) bond motifs is 2. The van der Waals surface area contributed by atoms with E-state index in [2.05, 4.69) is 20.3 Å². The fourth-order valence-corrected chi connectivity index (χ4v) is 3.85. The van der Waals surface area contributed by atoms with Crippen LogP contribution in [0.2, 0.25) is 0 Å². The molecule has 0 saturated heterocycles. The zero-order valence-electron chi connectivity index (χ0n) is 21.3. The van der Waals surface area contributed by atoms with Gasteiger partial charge in [-0.25, -0.2) is 27.9 Å². The average Bonchev–Trinajstić information content (AvgIpc) is 3.23. The van der Waals surface area contributed by atoms with Crippen LogP contribution in [-0.2, 0) is 11.3 Å². The summed E-state index contributed by atoms with van der Waals surface area (Å²) in [4.78, 5) is 25.0. The number of nitrogens with one attached hydrogen (secondary N) is 2.